The molecule has 1 heterocycles. The third kappa shape index (κ3) is 4.81. The minimum atomic E-state index is -1.08. The van der Waals surface area contributed by atoms with Crippen LogP contribution in [0.3, 0.4) is 0 Å². The molecule has 1 saturated heterocycles. The van der Waals surface area contributed by atoms with Crippen LogP contribution in [0.4, 0.5) is 0 Å². The van der Waals surface area contributed by atoms with Crippen LogP contribution in [0.25, 0.3) is 6.08 Å². The number of aliphatic hydroxyl groups excluding tert-OH is 2. The smallest absolute Gasteiger partial charge is 0.314 e. The maximum Gasteiger partial charge on any atom is 0.314 e. The Hall–Kier alpha value is -2.43. The molecule has 1 aliphatic rings. The van der Waals surface area contributed by atoms with Gasteiger partial charge in [0.15, 0.2) is 0 Å². The van der Waals surface area contributed by atoms with Gasteiger partial charge in [0.25, 0.3) is 0 Å². The number of aliphatic hydroxyl groups is 2. The predicted octanol–water partition coefficient (Wildman–Crippen LogP) is 2.99. The molecule has 26 heavy (non-hydrogen) atoms. The second-order valence-electron chi connectivity index (χ2n) is 6.67. The number of hydrogen-bond acceptors (Lipinski definition) is 4. The van der Waals surface area contributed by atoms with Crippen molar-refractivity contribution in [3.8, 4) is 0 Å². The summed E-state index contributed by atoms with van der Waals surface area (Å²) in [5.41, 5.74) is 2.09. The molecule has 1 fully saturated rings. The van der Waals surface area contributed by atoms with Crippen molar-refractivity contribution in [2.24, 2.45) is 5.92 Å². The predicted molar refractivity (Wildman–Crippen MR) is 100 cm³/mol. The van der Waals surface area contributed by atoms with Crippen LogP contribution in [0.1, 0.15) is 24.0 Å². The lowest BCUT2D eigenvalue weighted by Gasteiger charge is -2.33. The molecule has 0 radical (unpaired) electrons. The van der Waals surface area contributed by atoms with Crippen molar-refractivity contribution in [3.05, 3.63) is 77.9 Å². The van der Waals surface area contributed by atoms with Crippen molar-refractivity contribution in [2.75, 3.05) is 0 Å². The second kappa shape index (κ2) is 8.79. The van der Waals surface area contributed by atoms with E-state index in [0.717, 1.165) is 12.0 Å². The molecule has 4 atom stereocenters. The van der Waals surface area contributed by atoms with E-state index in [2.05, 4.69) is 0 Å². The Balaban J connectivity index is 1.56. The Kier molecular flexibility index (Phi) is 6.21. The van der Waals surface area contributed by atoms with Crippen molar-refractivity contribution >= 4 is 12.0 Å². The molecule has 2 aromatic rings. The summed E-state index contributed by atoms with van der Waals surface area (Å²) in [6.07, 6.45) is 2.77. The molecule has 0 amide bonds. The highest BCUT2D eigenvalue weighted by Gasteiger charge is 2.40. The average molecular weight is 352 g/mol. The molecule has 4 nitrogen and oxygen atoms in total. The fourth-order valence-electron chi connectivity index (χ4n) is 3.27. The zero-order chi connectivity index (χ0) is 18.4. The fraction of sp³-hybridized carbons (Fsp3) is 0.318. The van der Waals surface area contributed by atoms with Crippen molar-refractivity contribution in [1.82, 2.24) is 0 Å². The molecular weight excluding hydrogens is 328 g/mol. The topological polar surface area (TPSA) is 66.8 Å². The van der Waals surface area contributed by atoms with Gasteiger partial charge in [-0.3, -0.25) is 4.79 Å². The van der Waals surface area contributed by atoms with Gasteiger partial charge in [0.1, 0.15) is 12.0 Å². The fourth-order valence-corrected chi connectivity index (χ4v) is 3.27. The van der Waals surface area contributed by atoms with E-state index in [4.69, 9.17) is 4.74 Å². The van der Waals surface area contributed by atoms with Crippen LogP contribution in [0.5, 0.6) is 0 Å². The Morgan fingerprint density at radius 2 is 1.73 bits per heavy atom. The van der Waals surface area contributed by atoms with Gasteiger partial charge in [-0.15, -0.1) is 0 Å². The monoisotopic (exact) mass is 352 g/mol. The van der Waals surface area contributed by atoms with Gasteiger partial charge >= 0.3 is 5.97 Å². The van der Waals surface area contributed by atoms with Gasteiger partial charge in [0, 0.05) is 6.42 Å². The SMILES string of the molecule is O=C1O[C@H](CCc2ccccc2)C[C@H](O)[C@H]1[C@H](O)/C=C/c1ccccc1. The highest BCUT2D eigenvalue weighted by molar-refractivity contribution is 5.75. The molecule has 1 aliphatic heterocycles. The lowest BCUT2D eigenvalue weighted by molar-refractivity contribution is -0.175. The summed E-state index contributed by atoms with van der Waals surface area (Å²) >= 11 is 0. The van der Waals surface area contributed by atoms with Crippen LogP contribution >= 0.6 is 0 Å². The first-order valence-electron chi connectivity index (χ1n) is 8.97. The summed E-state index contributed by atoms with van der Waals surface area (Å²) < 4.78 is 5.47. The summed E-state index contributed by atoms with van der Waals surface area (Å²) in [6, 6.07) is 19.5. The first kappa shape index (κ1) is 18.4. The molecule has 4 heteroatoms. The highest BCUT2D eigenvalue weighted by atomic mass is 16.5. The third-order valence-corrected chi connectivity index (χ3v) is 4.73. The summed E-state index contributed by atoms with van der Waals surface area (Å²) in [6.45, 7) is 0. The van der Waals surface area contributed by atoms with Gasteiger partial charge in [0.05, 0.1) is 12.2 Å². The lowest BCUT2D eigenvalue weighted by atomic mass is 9.87. The number of carbonyl (C=O) groups excluding carboxylic acids is 1. The maximum absolute atomic E-state index is 12.3. The van der Waals surface area contributed by atoms with Gasteiger partial charge in [-0.1, -0.05) is 72.8 Å². The van der Waals surface area contributed by atoms with Crippen LogP contribution in [-0.4, -0.2) is 34.5 Å². The number of carbonyl (C=O) groups is 1. The van der Waals surface area contributed by atoms with E-state index < -0.39 is 24.1 Å². The Morgan fingerprint density at radius 3 is 2.38 bits per heavy atom. The molecule has 136 valence electrons. The average Bonchev–Trinajstić information content (AvgIpc) is 2.66. The van der Waals surface area contributed by atoms with Crippen LogP contribution in [0, 0.1) is 5.92 Å². The zero-order valence-corrected chi connectivity index (χ0v) is 14.6. The number of rotatable bonds is 6. The molecule has 3 rings (SSSR count). The van der Waals surface area contributed by atoms with E-state index in [1.54, 1.807) is 6.08 Å². The molecule has 0 aliphatic carbocycles. The van der Waals surface area contributed by atoms with E-state index in [0.29, 0.717) is 12.8 Å². The molecule has 0 unspecified atom stereocenters. The van der Waals surface area contributed by atoms with E-state index in [1.807, 2.05) is 60.7 Å². The van der Waals surface area contributed by atoms with Crippen molar-refractivity contribution in [2.45, 2.75) is 37.6 Å². The van der Waals surface area contributed by atoms with Gasteiger partial charge in [-0.05, 0) is 24.0 Å². The first-order valence-corrected chi connectivity index (χ1v) is 8.97. The number of cyclic esters (lactones) is 1. The van der Waals surface area contributed by atoms with Crippen LogP contribution in [-0.2, 0) is 16.0 Å². The largest absolute Gasteiger partial charge is 0.462 e. The summed E-state index contributed by atoms with van der Waals surface area (Å²) in [5, 5.41) is 20.7. The third-order valence-electron chi connectivity index (χ3n) is 4.73. The summed E-state index contributed by atoms with van der Waals surface area (Å²) in [4.78, 5) is 12.3. The molecule has 0 aromatic heterocycles. The van der Waals surface area contributed by atoms with Crippen molar-refractivity contribution in [1.29, 1.82) is 0 Å². The molecule has 2 N–H and O–H groups in total. The second-order valence-corrected chi connectivity index (χ2v) is 6.67. The van der Waals surface area contributed by atoms with Crippen molar-refractivity contribution < 1.29 is 19.7 Å². The minimum absolute atomic E-state index is 0.320. The standard InChI is InChI=1S/C22H24O4/c23-19(14-12-17-9-5-2-6-10-17)21-20(24)15-18(26-22(21)25)13-11-16-7-3-1-4-8-16/h1-10,12,14,18-21,23-24H,11,13,15H2/b14-12+/t18-,19-,20+,21-/m1/s1. The van der Waals surface area contributed by atoms with E-state index in [-0.39, 0.29) is 6.10 Å². The Bertz CT molecular complexity index is 726. The van der Waals surface area contributed by atoms with Gasteiger partial charge < -0.3 is 14.9 Å². The summed E-state index contributed by atoms with van der Waals surface area (Å²) in [7, 11) is 0. The molecule has 0 saturated carbocycles. The van der Waals surface area contributed by atoms with E-state index >= 15 is 0 Å². The Labute approximate surface area is 153 Å². The molecule has 0 spiro atoms. The van der Waals surface area contributed by atoms with Crippen LogP contribution < -0.4 is 0 Å². The normalized spacial score (nSPS) is 24.4. The zero-order valence-electron chi connectivity index (χ0n) is 14.6. The number of benzene rings is 2. The number of ether oxygens (including phenoxy) is 1. The Morgan fingerprint density at radius 1 is 1.08 bits per heavy atom. The summed E-state index contributed by atoms with van der Waals surface area (Å²) in [5.74, 6) is -1.48. The van der Waals surface area contributed by atoms with Crippen LogP contribution in [0.2, 0.25) is 0 Å². The quantitative estimate of drug-likeness (QED) is 0.785. The number of hydrogen-bond donors (Lipinski definition) is 2. The lowest BCUT2D eigenvalue weighted by Crippen LogP contribution is -2.46. The van der Waals surface area contributed by atoms with Crippen LogP contribution in [0.15, 0.2) is 66.7 Å². The highest BCUT2D eigenvalue weighted by Crippen LogP contribution is 2.27. The molecule has 2 aromatic carbocycles. The van der Waals surface area contributed by atoms with E-state index in [9.17, 15) is 15.0 Å². The van der Waals surface area contributed by atoms with Gasteiger partial charge in [0.2, 0.25) is 0 Å². The first-order chi connectivity index (χ1) is 12.6. The number of esters is 1. The minimum Gasteiger partial charge on any atom is -0.462 e. The van der Waals surface area contributed by atoms with Gasteiger partial charge in [-0.25, -0.2) is 0 Å². The van der Waals surface area contributed by atoms with Crippen molar-refractivity contribution in [3.63, 3.8) is 0 Å². The van der Waals surface area contributed by atoms with Gasteiger partial charge in [-0.2, -0.15) is 0 Å². The molecule has 0 bridgehead atoms. The maximum atomic E-state index is 12.3. The number of aryl methyl sites for hydroxylation is 1. The van der Waals surface area contributed by atoms with E-state index in [1.165, 1.54) is 11.6 Å². The molecular formula is C22H24O4.